The lowest BCUT2D eigenvalue weighted by atomic mass is 9.84. The maximum atomic E-state index is 12.7. The van der Waals surface area contributed by atoms with E-state index in [1.807, 2.05) is 11.0 Å². The van der Waals surface area contributed by atoms with Gasteiger partial charge < -0.3 is 15.1 Å². The summed E-state index contributed by atoms with van der Waals surface area (Å²) in [6, 6.07) is 5.37. The second kappa shape index (κ2) is 7.72. The first kappa shape index (κ1) is 18.6. The van der Waals surface area contributed by atoms with Crippen molar-refractivity contribution in [3.05, 3.63) is 23.2 Å². The number of nitrogens with one attached hydrogen (secondary N) is 1. The third-order valence-electron chi connectivity index (χ3n) is 5.52. The zero-order valence-electron chi connectivity index (χ0n) is 14.9. The minimum atomic E-state index is -0.444. The molecule has 0 radical (unpaired) electrons. The van der Waals surface area contributed by atoms with Crippen LogP contribution in [0.1, 0.15) is 25.7 Å². The number of benzene rings is 1. The van der Waals surface area contributed by atoms with Crippen molar-refractivity contribution in [3.8, 4) is 0 Å². The number of rotatable bonds is 3. The van der Waals surface area contributed by atoms with Gasteiger partial charge >= 0.3 is 0 Å². The third kappa shape index (κ3) is 3.94. The smallest absolute Gasteiger partial charge is 0.238 e. The second-order valence-corrected chi connectivity index (χ2v) is 8.96. The highest BCUT2D eigenvalue weighted by molar-refractivity contribution is 8.01. The molecule has 3 aliphatic rings. The van der Waals surface area contributed by atoms with Gasteiger partial charge in [0, 0.05) is 48.4 Å². The number of carbonyl (C=O) groups excluding carboxylic acids is 3. The molecule has 6 nitrogen and oxygen atoms in total. The van der Waals surface area contributed by atoms with Crippen LogP contribution in [-0.2, 0) is 14.4 Å². The third-order valence-corrected chi connectivity index (χ3v) is 7.03. The SMILES string of the molecule is O=C1Nc2cc(Cl)ccc2SC1CC(=O)N1CCN(C(=O)C2CCC2)CC1. The molecule has 4 rings (SSSR count). The first-order valence-electron chi connectivity index (χ1n) is 9.35. The molecule has 1 aromatic rings. The minimum absolute atomic E-state index is 0.0317. The molecular formula is C19H22ClN3O3S. The molecule has 1 aliphatic carbocycles. The Morgan fingerprint density at radius 3 is 2.52 bits per heavy atom. The van der Waals surface area contributed by atoms with Gasteiger partial charge in [-0.05, 0) is 31.0 Å². The van der Waals surface area contributed by atoms with Gasteiger partial charge in [0.05, 0.1) is 10.9 Å². The van der Waals surface area contributed by atoms with Gasteiger partial charge in [-0.2, -0.15) is 0 Å². The van der Waals surface area contributed by atoms with Crippen molar-refractivity contribution in [1.82, 2.24) is 9.80 Å². The number of nitrogens with zero attached hydrogens (tertiary/aromatic N) is 2. The number of anilines is 1. The summed E-state index contributed by atoms with van der Waals surface area (Å²) in [7, 11) is 0. The molecular weight excluding hydrogens is 386 g/mol. The second-order valence-electron chi connectivity index (χ2n) is 7.27. The number of piperazine rings is 1. The minimum Gasteiger partial charge on any atom is -0.339 e. The van der Waals surface area contributed by atoms with Crippen molar-refractivity contribution >= 4 is 46.8 Å². The predicted molar refractivity (Wildman–Crippen MR) is 105 cm³/mol. The summed E-state index contributed by atoms with van der Waals surface area (Å²) in [5.74, 6) is 0.242. The summed E-state index contributed by atoms with van der Waals surface area (Å²) >= 11 is 7.37. The number of carbonyl (C=O) groups is 3. The van der Waals surface area contributed by atoms with E-state index in [9.17, 15) is 14.4 Å². The molecule has 2 aliphatic heterocycles. The van der Waals surface area contributed by atoms with E-state index in [1.165, 1.54) is 11.8 Å². The van der Waals surface area contributed by atoms with E-state index >= 15 is 0 Å². The average Bonchev–Trinajstić information content (AvgIpc) is 2.61. The normalized spacial score (nSPS) is 22.7. The van der Waals surface area contributed by atoms with Crippen LogP contribution in [0.4, 0.5) is 5.69 Å². The summed E-state index contributed by atoms with van der Waals surface area (Å²) in [4.78, 5) is 41.9. The lowest BCUT2D eigenvalue weighted by molar-refractivity contribution is -0.144. The molecule has 1 saturated heterocycles. The Balaban J connectivity index is 1.31. The maximum absolute atomic E-state index is 12.7. The van der Waals surface area contributed by atoms with Crippen LogP contribution < -0.4 is 5.32 Å². The standard InChI is InChI=1S/C19H22ClN3O3S/c20-13-4-5-15-14(10-13)21-18(25)16(27-15)11-17(24)22-6-8-23(9-7-22)19(26)12-2-1-3-12/h4-5,10,12,16H,1-3,6-9,11H2,(H,21,25). The quantitative estimate of drug-likeness (QED) is 0.836. The van der Waals surface area contributed by atoms with Crippen molar-refractivity contribution in [2.45, 2.75) is 35.8 Å². The molecule has 0 aromatic heterocycles. The Bertz CT molecular complexity index is 775. The van der Waals surface area contributed by atoms with Gasteiger partial charge in [0.15, 0.2) is 0 Å². The average molecular weight is 408 g/mol. The first-order valence-corrected chi connectivity index (χ1v) is 10.6. The van der Waals surface area contributed by atoms with Gasteiger partial charge in [0.1, 0.15) is 0 Å². The van der Waals surface area contributed by atoms with E-state index in [0.717, 1.165) is 24.2 Å². The molecule has 1 saturated carbocycles. The molecule has 0 spiro atoms. The maximum Gasteiger partial charge on any atom is 0.238 e. The lowest BCUT2D eigenvalue weighted by Gasteiger charge is -2.38. The van der Waals surface area contributed by atoms with Crippen molar-refractivity contribution < 1.29 is 14.4 Å². The molecule has 3 amide bonds. The van der Waals surface area contributed by atoms with Crippen molar-refractivity contribution in [2.75, 3.05) is 31.5 Å². The highest BCUT2D eigenvalue weighted by Gasteiger charge is 2.34. The van der Waals surface area contributed by atoms with Gasteiger partial charge in [-0.25, -0.2) is 0 Å². The first-order chi connectivity index (χ1) is 13.0. The molecule has 1 N–H and O–H groups in total. The highest BCUT2D eigenvalue weighted by Crippen LogP contribution is 2.38. The van der Waals surface area contributed by atoms with E-state index in [2.05, 4.69) is 5.32 Å². The van der Waals surface area contributed by atoms with E-state index in [4.69, 9.17) is 11.6 Å². The van der Waals surface area contributed by atoms with Crippen LogP contribution >= 0.6 is 23.4 Å². The Labute approximate surface area is 167 Å². The van der Waals surface area contributed by atoms with Gasteiger partial charge in [0.25, 0.3) is 0 Å². The predicted octanol–water partition coefficient (Wildman–Crippen LogP) is 2.61. The fraction of sp³-hybridized carbons (Fsp3) is 0.526. The van der Waals surface area contributed by atoms with Gasteiger partial charge in [0.2, 0.25) is 17.7 Å². The molecule has 1 unspecified atom stereocenters. The molecule has 2 heterocycles. The number of thioether (sulfide) groups is 1. The van der Waals surface area contributed by atoms with Crippen LogP contribution in [0.25, 0.3) is 0 Å². The Morgan fingerprint density at radius 1 is 1.15 bits per heavy atom. The van der Waals surface area contributed by atoms with Crippen LogP contribution in [0.5, 0.6) is 0 Å². The van der Waals surface area contributed by atoms with Crippen LogP contribution in [-0.4, -0.2) is 59.0 Å². The van der Waals surface area contributed by atoms with Crippen LogP contribution in [0.15, 0.2) is 23.1 Å². The molecule has 2 fully saturated rings. The Morgan fingerprint density at radius 2 is 1.85 bits per heavy atom. The molecule has 1 atom stereocenters. The Hall–Kier alpha value is -1.73. The van der Waals surface area contributed by atoms with E-state index in [1.54, 1.807) is 17.0 Å². The van der Waals surface area contributed by atoms with E-state index < -0.39 is 5.25 Å². The zero-order valence-corrected chi connectivity index (χ0v) is 16.5. The summed E-state index contributed by atoms with van der Waals surface area (Å²) in [5.41, 5.74) is 0.698. The number of hydrogen-bond donors (Lipinski definition) is 1. The number of fused-ring (bicyclic) bond motifs is 1. The molecule has 144 valence electrons. The van der Waals surface area contributed by atoms with Crippen molar-refractivity contribution in [1.29, 1.82) is 0 Å². The van der Waals surface area contributed by atoms with E-state index in [-0.39, 0.29) is 30.1 Å². The van der Waals surface area contributed by atoms with Crippen LogP contribution in [0.3, 0.4) is 0 Å². The van der Waals surface area contributed by atoms with Crippen molar-refractivity contribution in [3.63, 3.8) is 0 Å². The van der Waals surface area contributed by atoms with Crippen LogP contribution in [0, 0.1) is 5.92 Å². The molecule has 1 aromatic carbocycles. The topological polar surface area (TPSA) is 69.7 Å². The molecule has 27 heavy (non-hydrogen) atoms. The van der Waals surface area contributed by atoms with Gasteiger partial charge in [-0.3, -0.25) is 14.4 Å². The summed E-state index contributed by atoms with van der Waals surface area (Å²) in [6.07, 6.45) is 3.30. The lowest BCUT2D eigenvalue weighted by Crippen LogP contribution is -2.53. The summed E-state index contributed by atoms with van der Waals surface area (Å²) in [6.45, 7) is 2.27. The number of hydrogen-bond acceptors (Lipinski definition) is 4. The largest absolute Gasteiger partial charge is 0.339 e. The number of amides is 3. The molecule has 8 heteroatoms. The zero-order chi connectivity index (χ0) is 19.0. The Kier molecular flexibility index (Phi) is 5.32. The number of halogens is 1. The fourth-order valence-corrected chi connectivity index (χ4v) is 4.89. The van der Waals surface area contributed by atoms with E-state index in [0.29, 0.717) is 36.9 Å². The summed E-state index contributed by atoms with van der Waals surface area (Å²) in [5, 5.41) is 2.96. The highest BCUT2D eigenvalue weighted by atomic mass is 35.5. The van der Waals surface area contributed by atoms with Crippen molar-refractivity contribution in [2.24, 2.45) is 5.92 Å². The monoisotopic (exact) mass is 407 g/mol. The van der Waals surface area contributed by atoms with Gasteiger partial charge in [-0.15, -0.1) is 11.8 Å². The van der Waals surface area contributed by atoms with Gasteiger partial charge in [-0.1, -0.05) is 18.0 Å². The summed E-state index contributed by atoms with van der Waals surface area (Å²) < 4.78 is 0. The van der Waals surface area contributed by atoms with Crippen LogP contribution in [0.2, 0.25) is 5.02 Å². The molecule has 0 bridgehead atoms. The fourth-order valence-electron chi connectivity index (χ4n) is 3.63.